The number of aromatic nitrogens is 2. The molecule has 1 rings (SSSR count). The van der Waals surface area contributed by atoms with Crippen molar-refractivity contribution in [3.8, 4) is 0 Å². The van der Waals surface area contributed by atoms with E-state index in [0.717, 1.165) is 25.7 Å². The average Bonchev–Trinajstić information content (AvgIpc) is 2.17. The Hall–Kier alpha value is -0.960. The maximum atomic E-state index is 5.72. The first-order valence-electron chi connectivity index (χ1n) is 5.27. The molecule has 1 atom stereocenters. The third-order valence-electron chi connectivity index (χ3n) is 2.24. The minimum Gasteiger partial charge on any atom is -0.328 e. The van der Waals surface area contributed by atoms with Crippen LogP contribution >= 0.6 is 0 Å². The first-order valence-corrected chi connectivity index (χ1v) is 5.27. The van der Waals surface area contributed by atoms with Crippen LogP contribution < -0.4 is 5.73 Å². The highest BCUT2D eigenvalue weighted by Crippen LogP contribution is 2.09. The van der Waals surface area contributed by atoms with Gasteiger partial charge in [0.1, 0.15) is 6.33 Å². The summed E-state index contributed by atoms with van der Waals surface area (Å²) in [6, 6.07) is 0.249. The van der Waals surface area contributed by atoms with E-state index < -0.39 is 0 Å². The largest absolute Gasteiger partial charge is 0.328 e. The van der Waals surface area contributed by atoms with Crippen LogP contribution in [0.15, 0.2) is 12.5 Å². The Morgan fingerprint density at radius 3 is 2.86 bits per heavy atom. The minimum atomic E-state index is 0.249. The van der Waals surface area contributed by atoms with Gasteiger partial charge in [-0.15, -0.1) is 0 Å². The highest BCUT2D eigenvalue weighted by Gasteiger charge is 2.04. The summed E-state index contributed by atoms with van der Waals surface area (Å²) in [5, 5.41) is 0. The van der Waals surface area contributed by atoms with Crippen LogP contribution in [0.1, 0.15) is 37.9 Å². The molecule has 0 aromatic carbocycles. The van der Waals surface area contributed by atoms with Crippen molar-refractivity contribution in [1.29, 1.82) is 0 Å². The van der Waals surface area contributed by atoms with Crippen LogP contribution in [-0.2, 0) is 12.8 Å². The van der Waals surface area contributed by atoms with Gasteiger partial charge >= 0.3 is 0 Å². The molecule has 1 unspecified atom stereocenters. The smallest absolute Gasteiger partial charge is 0.115 e. The van der Waals surface area contributed by atoms with E-state index in [0.29, 0.717) is 0 Å². The van der Waals surface area contributed by atoms with Crippen LogP contribution in [0, 0.1) is 0 Å². The van der Waals surface area contributed by atoms with Crippen LogP contribution in [0.2, 0.25) is 0 Å². The predicted molar refractivity (Wildman–Crippen MR) is 58.0 cm³/mol. The van der Waals surface area contributed by atoms with Gasteiger partial charge in [0.25, 0.3) is 0 Å². The zero-order valence-electron chi connectivity index (χ0n) is 9.03. The van der Waals surface area contributed by atoms with Gasteiger partial charge in [-0.3, -0.25) is 0 Å². The number of aryl methyl sites for hydroxylation is 2. The van der Waals surface area contributed by atoms with Crippen LogP contribution in [0.25, 0.3) is 0 Å². The number of nitrogens with two attached hydrogens (primary N) is 1. The molecule has 0 fully saturated rings. The van der Waals surface area contributed by atoms with Crippen molar-refractivity contribution in [3.63, 3.8) is 0 Å². The van der Waals surface area contributed by atoms with E-state index in [1.165, 1.54) is 11.3 Å². The van der Waals surface area contributed by atoms with Crippen LogP contribution in [0.3, 0.4) is 0 Å². The summed E-state index contributed by atoms with van der Waals surface area (Å²) in [4.78, 5) is 8.35. The Morgan fingerprint density at radius 2 is 2.21 bits per heavy atom. The molecule has 14 heavy (non-hydrogen) atoms. The molecular formula is C11H19N3. The molecule has 0 spiro atoms. The second kappa shape index (κ2) is 5.70. The summed E-state index contributed by atoms with van der Waals surface area (Å²) in [6.07, 6.45) is 7.71. The van der Waals surface area contributed by atoms with E-state index in [2.05, 4.69) is 16.9 Å². The summed E-state index contributed by atoms with van der Waals surface area (Å²) in [7, 11) is 0. The van der Waals surface area contributed by atoms with Gasteiger partial charge in [0.2, 0.25) is 0 Å². The SMILES string of the molecule is CCCc1cncnc1CCC(C)N. The third-order valence-corrected chi connectivity index (χ3v) is 2.24. The molecule has 3 nitrogen and oxygen atoms in total. The lowest BCUT2D eigenvalue weighted by Crippen LogP contribution is -2.16. The molecular weight excluding hydrogens is 174 g/mol. The van der Waals surface area contributed by atoms with Gasteiger partial charge in [0.05, 0.1) is 0 Å². The Bertz CT molecular complexity index is 271. The monoisotopic (exact) mass is 193 g/mol. The van der Waals surface area contributed by atoms with E-state index >= 15 is 0 Å². The Labute approximate surface area is 85.8 Å². The van der Waals surface area contributed by atoms with E-state index in [4.69, 9.17) is 5.73 Å². The van der Waals surface area contributed by atoms with E-state index in [1.807, 2.05) is 13.1 Å². The maximum absolute atomic E-state index is 5.72. The van der Waals surface area contributed by atoms with Crippen molar-refractivity contribution in [1.82, 2.24) is 9.97 Å². The maximum Gasteiger partial charge on any atom is 0.115 e. The second-order valence-corrected chi connectivity index (χ2v) is 3.76. The van der Waals surface area contributed by atoms with E-state index in [9.17, 15) is 0 Å². The number of hydrogen-bond donors (Lipinski definition) is 1. The highest BCUT2D eigenvalue weighted by atomic mass is 14.8. The van der Waals surface area contributed by atoms with Crippen LogP contribution in [0.4, 0.5) is 0 Å². The molecule has 0 amide bonds. The lowest BCUT2D eigenvalue weighted by Gasteiger charge is -2.08. The zero-order chi connectivity index (χ0) is 10.4. The molecule has 0 saturated carbocycles. The summed E-state index contributed by atoms with van der Waals surface area (Å²) in [6.45, 7) is 4.20. The molecule has 0 saturated heterocycles. The molecule has 0 bridgehead atoms. The fourth-order valence-electron chi connectivity index (χ4n) is 1.45. The summed E-state index contributed by atoms with van der Waals surface area (Å²) in [5.74, 6) is 0. The van der Waals surface area contributed by atoms with Crippen LogP contribution in [0.5, 0.6) is 0 Å². The Balaban J connectivity index is 2.64. The molecule has 78 valence electrons. The quantitative estimate of drug-likeness (QED) is 0.774. The number of hydrogen-bond acceptors (Lipinski definition) is 3. The standard InChI is InChI=1S/C11H19N3/c1-3-4-10-7-13-8-14-11(10)6-5-9(2)12/h7-9H,3-6,12H2,1-2H3. The zero-order valence-corrected chi connectivity index (χ0v) is 9.03. The molecule has 0 radical (unpaired) electrons. The lowest BCUT2D eigenvalue weighted by molar-refractivity contribution is 0.651. The normalized spacial score (nSPS) is 12.8. The molecule has 0 aliphatic carbocycles. The summed E-state index contributed by atoms with van der Waals surface area (Å²) < 4.78 is 0. The average molecular weight is 193 g/mol. The first-order chi connectivity index (χ1) is 6.74. The number of rotatable bonds is 5. The van der Waals surface area contributed by atoms with Crippen molar-refractivity contribution in [2.24, 2.45) is 5.73 Å². The van der Waals surface area contributed by atoms with Crippen LogP contribution in [-0.4, -0.2) is 16.0 Å². The predicted octanol–water partition coefficient (Wildman–Crippen LogP) is 1.71. The van der Waals surface area contributed by atoms with Crippen molar-refractivity contribution < 1.29 is 0 Å². The summed E-state index contributed by atoms with van der Waals surface area (Å²) in [5.41, 5.74) is 8.16. The molecule has 1 aromatic rings. The van der Waals surface area contributed by atoms with Gasteiger partial charge in [0.15, 0.2) is 0 Å². The highest BCUT2D eigenvalue weighted by molar-refractivity contribution is 5.16. The van der Waals surface area contributed by atoms with Crippen molar-refractivity contribution in [2.75, 3.05) is 0 Å². The van der Waals surface area contributed by atoms with Gasteiger partial charge < -0.3 is 5.73 Å². The molecule has 0 aliphatic heterocycles. The van der Waals surface area contributed by atoms with Crippen molar-refractivity contribution >= 4 is 0 Å². The molecule has 0 aliphatic rings. The van der Waals surface area contributed by atoms with Gasteiger partial charge in [-0.05, 0) is 31.7 Å². The molecule has 3 heteroatoms. The van der Waals surface area contributed by atoms with Crippen molar-refractivity contribution in [2.45, 2.75) is 45.6 Å². The molecule has 1 heterocycles. The van der Waals surface area contributed by atoms with Crippen molar-refractivity contribution in [3.05, 3.63) is 23.8 Å². The molecule has 2 N–H and O–H groups in total. The van der Waals surface area contributed by atoms with Gasteiger partial charge in [-0.25, -0.2) is 9.97 Å². The van der Waals surface area contributed by atoms with Gasteiger partial charge in [0, 0.05) is 17.9 Å². The van der Waals surface area contributed by atoms with E-state index in [-0.39, 0.29) is 6.04 Å². The van der Waals surface area contributed by atoms with Gasteiger partial charge in [-0.1, -0.05) is 13.3 Å². The fraction of sp³-hybridized carbons (Fsp3) is 0.636. The Kier molecular flexibility index (Phi) is 4.53. The minimum absolute atomic E-state index is 0.249. The first kappa shape index (κ1) is 11.1. The molecule has 1 aromatic heterocycles. The summed E-state index contributed by atoms with van der Waals surface area (Å²) >= 11 is 0. The third kappa shape index (κ3) is 3.42. The second-order valence-electron chi connectivity index (χ2n) is 3.76. The number of nitrogens with zero attached hydrogens (tertiary/aromatic N) is 2. The Morgan fingerprint density at radius 1 is 1.43 bits per heavy atom. The fourth-order valence-corrected chi connectivity index (χ4v) is 1.45. The van der Waals surface area contributed by atoms with E-state index in [1.54, 1.807) is 6.33 Å². The topological polar surface area (TPSA) is 51.8 Å². The van der Waals surface area contributed by atoms with Gasteiger partial charge in [-0.2, -0.15) is 0 Å². The lowest BCUT2D eigenvalue weighted by atomic mass is 10.0.